The SMILES string of the molecule is C[C@H](Cc1ccc(Cl)c(OC(F)(F)F)c1)Oc1ccc(-c2cc(O)no2)cc1. The number of aromatic nitrogens is 1. The van der Waals surface area contributed by atoms with E-state index in [1.54, 1.807) is 37.3 Å². The van der Waals surface area contributed by atoms with E-state index in [4.69, 9.17) is 20.9 Å². The molecule has 1 N–H and O–H groups in total. The van der Waals surface area contributed by atoms with Crippen LogP contribution >= 0.6 is 11.6 Å². The predicted octanol–water partition coefficient (Wildman–Crippen LogP) is 5.61. The molecule has 9 heteroatoms. The van der Waals surface area contributed by atoms with Gasteiger partial charge in [0.1, 0.15) is 11.5 Å². The Bertz CT molecular complexity index is 941. The van der Waals surface area contributed by atoms with Crippen molar-refractivity contribution >= 4 is 11.6 Å². The van der Waals surface area contributed by atoms with Crippen molar-refractivity contribution in [1.82, 2.24) is 5.16 Å². The molecule has 0 saturated heterocycles. The first-order valence-electron chi connectivity index (χ1n) is 8.16. The van der Waals surface area contributed by atoms with Crippen molar-refractivity contribution in [3.05, 3.63) is 59.1 Å². The molecular formula is C19H15ClF3NO4. The molecule has 0 unspecified atom stereocenters. The van der Waals surface area contributed by atoms with E-state index >= 15 is 0 Å². The Kier molecular flexibility index (Phi) is 5.69. The first-order valence-corrected chi connectivity index (χ1v) is 8.54. The molecule has 0 bridgehead atoms. The monoisotopic (exact) mass is 413 g/mol. The normalized spacial score (nSPS) is 12.6. The molecule has 1 aromatic heterocycles. The maximum Gasteiger partial charge on any atom is 0.573 e. The van der Waals surface area contributed by atoms with E-state index < -0.39 is 12.1 Å². The van der Waals surface area contributed by atoms with Gasteiger partial charge in [-0.1, -0.05) is 17.7 Å². The van der Waals surface area contributed by atoms with Crippen LogP contribution in [-0.4, -0.2) is 22.7 Å². The molecule has 0 radical (unpaired) electrons. The van der Waals surface area contributed by atoms with Crippen LogP contribution in [0.1, 0.15) is 12.5 Å². The van der Waals surface area contributed by atoms with Gasteiger partial charge in [0.05, 0.1) is 11.1 Å². The van der Waals surface area contributed by atoms with Crippen LogP contribution < -0.4 is 9.47 Å². The first-order chi connectivity index (χ1) is 13.2. The summed E-state index contributed by atoms with van der Waals surface area (Å²) in [6.07, 6.45) is -4.78. The summed E-state index contributed by atoms with van der Waals surface area (Å²) in [5.74, 6) is 0.329. The summed E-state index contributed by atoms with van der Waals surface area (Å²) in [7, 11) is 0. The van der Waals surface area contributed by atoms with Gasteiger partial charge in [-0.05, 0) is 54.0 Å². The third-order valence-corrected chi connectivity index (χ3v) is 4.03. The number of benzene rings is 2. The molecule has 2 aromatic carbocycles. The Morgan fingerprint density at radius 1 is 1.14 bits per heavy atom. The van der Waals surface area contributed by atoms with Crippen molar-refractivity contribution in [2.75, 3.05) is 0 Å². The summed E-state index contributed by atoms with van der Waals surface area (Å²) >= 11 is 5.75. The Labute approximate surface area is 163 Å². The average molecular weight is 414 g/mol. The molecular weight excluding hydrogens is 399 g/mol. The van der Waals surface area contributed by atoms with Gasteiger partial charge in [0, 0.05) is 18.1 Å². The van der Waals surface area contributed by atoms with Crippen LogP contribution in [0.4, 0.5) is 13.2 Å². The molecule has 1 heterocycles. The van der Waals surface area contributed by atoms with Crippen LogP contribution in [0.3, 0.4) is 0 Å². The zero-order valence-electron chi connectivity index (χ0n) is 14.5. The summed E-state index contributed by atoms with van der Waals surface area (Å²) in [6.45, 7) is 1.79. The van der Waals surface area contributed by atoms with Crippen LogP contribution in [0.2, 0.25) is 5.02 Å². The maximum absolute atomic E-state index is 12.4. The molecule has 0 aliphatic rings. The second kappa shape index (κ2) is 8.02. The van der Waals surface area contributed by atoms with Crippen LogP contribution in [0, 0.1) is 0 Å². The Morgan fingerprint density at radius 3 is 2.46 bits per heavy atom. The maximum atomic E-state index is 12.4. The van der Waals surface area contributed by atoms with E-state index in [-0.39, 0.29) is 17.0 Å². The van der Waals surface area contributed by atoms with E-state index in [1.165, 1.54) is 18.2 Å². The second-order valence-corrected chi connectivity index (χ2v) is 6.43. The summed E-state index contributed by atoms with van der Waals surface area (Å²) < 4.78 is 52.0. The number of rotatable bonds is 6. The zero-order chi connectivity index (χ0) is 20.3. The minimum atomic E-state index is -4.81. The second-order valence-electron chi connectivity index (χ2n) is 6.02. The highest BCUT2D eigenvalue weighted by atomic mass is 35.5. The standard InChI is InChI=1S/C19H15ClF3NO4/c1-11(8-12-2-7-15(20)17(9-12)27-19(21,22)23)26-14-5-3-13(4-6-14)16-10-18(25)24-28-16/h2-7,9-11H,8H2,1H3,(H,24,25)/t11-/m1/s1. The van der Waals surface area contributed by atoms with Crippen molar-refractivity contribution < 1.29 is 32.3 Å². The smallest absolute Gasteiger partial charge is 0.491 e. The van der Waals surface area contributed by atoms with E-state index in [0.717, 1.165) is 0 Å². The highest BCUT2D eigenvalue weighted by Crippen LogP contribution is 2.31. The molecule has 0 fully saturated rings. The van der Waals surface area contributed by atoms with Gasteiger partial charge >= 0.3 is 6.36 Å². The van der Waals surface area contributed by atoms with E-state index in [1.807, 2.05) is 0 Å². The van der Waals surface area contributed by atoms with Gasteiger partial charge in [0.25, 0.3) is 5.88 Å². The average Bonchev–Trinajstić information content (AvgIpc) is 3.04. The Morgan fingerprint density at radius 2 is 1.86 bits per heavy atom. The van der Waals surface area contributed by atoms with Gasteiger partial charge in [-0.2, -0.15) is 0 Å². The molecule has 0 saturated carbocycles. The van der Waals surface area contributed by atoms with Gasteiger partial charge in [-0.15, -0.1) is 13.2 Å². The number of halogens is 4. The third kappa shape index (κ3) is 5.32. The number of nitrogens with zero attached hydrogens (tertiary/aromatic N) is 1. The summed E-state index contributed by atoms with van der Waals surface area (Å²) in [5, 5.41) is 12.5. The summed E-state index contributed by atoms with van der Waals surface area (Å²) in [6, 6.07) is 12.5. The van der Waals surface area contributed by atoms with Crippen molar-refractivity contribution in [1.29, 1.82) is 0 Å². The first kappa shape index (κ1) is 19.9. The lowest BCUT2D eigenvalue weighted by Gasteiger charge is -2.16. The minimum absolute atomic E-state index is 0.122. The molecule has 3 aromatic rings. The van der Waals surface area contributed by atoms with Gasteiger partial charge in [0.15, 0.2) is 5.76 Å². The molecule has 28 heavy (non-hydrogen) atoms. The fourth-order valence-electron chi connectivity index (χ4n) is 2.58. The van der Waals surface area contributed by atoms with Gasteiger partial charge < -0.3 is 19.1 Å². The summed E-state index contributed by atoms with van der Waals surface area (Å²) in [5.41, 5.74) is 1.30. The highest BCUT2D eigenvalue weighted by molar-refractivity contribution is 6.32. The largest absolute Gasteiger partial charge is 0.573 e. The van der Waals surface area contributed by atoms with Crippen molar-refractivity contribution in [3.63, 3.8) is 0 Å². The molecule has 5 nitrogen and oxygen atoms in total. The molecule has 0 spiro atoms. The van der Waals surface area contributed by atoms with Gasteiger partial charge in [-0.25, -0.2) is 0 Å². The van der Waals surface area contributed by atoms with Gasteiger partial charge in [0.2, 0.25) is 0 Å². The number of alkyl halides is 3. The topological polar surface area (TPSA) is 64.7 Å². The summed E-state index contributed by atoms with van der Waals surface area (Å²) in [4.78, 5) is 0. The number of hydrogen-bond acceptors (Lipinski definition) is 5. The molecule has 0 amide bonds. The minimum Gasteiger partial charge on any atom is -0.491 e. The molecule has 3 rings (SSSR count). The lowest BCUT2D eigenvalue weighted by atomic mass is 10.1. The van der Waals surface area contributed by atoms with Crippen molar-refractivity contribution in [2.24, 2.45) is 0 Å². The molecule has 0 aliphatic carbocycles. The Hall–Kier alpha value is -2.87. The van der Waals surface area contributed by atoms with Crippen LogP contribution in [0.25, 0.3) is 11.3 Å². The molecule has 1 atom stereocenters. The lowest BCUT2D eigenvalue weighted by molar-refractivity contribution is -0.274. The van der Waals surface area contributed by atoms with Crippen LogP contribution in [-0.2, 0) is 6.42 Å². The number of aromatic hydroxyl groups is 1. The van der Waals surface area contributed by atoms with E-state index in [0.29, 0.717) is 29.1 Å². The fourth-order valence-corrected chi connectivity index (χ4v) is 2.74. The Balaban J connectivity index is 1.64. The fraction of sp³-hybridized carbons (Fsp3) is 0.211. The van der Waals surface area contributed by atoms with Crippen molar-refractivity contribution in [2.45, 2.75) is 25.8 Å². The molecule has 0 aliphatic heterocycles. The number of hydrogen-bond donors (Lipinski definition) is 1. The lowest BCUT2D eigenvalue weighted by Crippen LogP contribution is -2.18. The van der Waals surface area contributed by atoms with E-state index in [9.17, 15) is 18.3 Å². The predicted molar refractivity (Wildman–Crippen MR) is 95.5 cm³/mol. The van der Waals surface area contributed by atoms with Crippen LogP contribution in [0.15, 0.2) is 53.1 Å². The van der Waals surface area contributed by atoms with Crippen molar-refractivity contribution in [3.8, 4) is 28.7 Å². The highest BCUT2D eigenvalue weighted by Gasteiger charge is 2.32. The third-order valence-electron chi connectivity index (χ3n) is 3.72. The van der Waals surface area contributed by atoms with Gasteiger partial charge in [-0.3, -0.25) is 0 Å². The van der Waals surface area contributed by atoms with Crippen LogP contribution in [0.5, 0.6) is 17.4 Å². The number of ether oxygens (including phenoxy) is 2. The zero-order valence-corrected chi connectivity index (χ0v) is 15.3. The molecule has 148 valence electrons. The van der Waals surface area contributed by atoms with E-state index in [2.05, 4.69) is 9.89 Å². The quantitative estimate of drug-likeness (QED) is 0.569.